The third-order valence-corrected chi connectivity index (χ3v) is 1.65. The molecule has 1 N–H and O–H groups in total. The Kier molecular flexibility index (Phi) is 5.08. The molecule has 0 saturated heterocycles. The molecule has 68 valence electrons. The fourth-order valence-corrected chi connectivity index (χ4v) is 1.24. The van der Waals surface area contributed by atoms with E-state index in [2.05, 4.69) is 21.2 Å². The van der Waals surface area contributed by atoms with E-state index in [1.165, 1.54) is 0 Å². The lowest BCUT2D eigenvalue weighted by atomic mass is 10.2. The standard InChI is InChI=1S/C6H11BrF3N/c1-5(2-3-7)11-4-6(8,9)10/h5,11H,2-4H2,1H3. The molecule has 0 aliphatic carbocycles. The zero-order valence-corrected chi connectivity index (χ0v) is 7.80. The van der Waals surface area contributed by atoms with E-state index in [9.17, 15) is 13.2 Å². The highest BCUT2D eigenvalue weighted by Crippen LogP contribution is 2.12. The van der Waals surface area contributed by atoms with Gasteiger partial charge in [-0.2, -0.15) is 13.2 Å². The molecule has 0 amide bonds. The summed E-state index contributed by atoms with van der Waals surface area (Å²) < 4.78 is 34.7. The van der Waals surface area contributed by atoms with Crippen molar-refractivity contribution in [2.45, 2.75) is 25.6 Å². The van der Waals surface area contributed by atoms with Crippen LogP contribution in [-0.4, -0.2) is 24.1 Å². The molecular formula is C6H11BrF3N. The fourth-order valence-electron chi connectivity index (χ4n) is 0.556. The predicted octanol–water partition coefficient (Wildman–Crippen LogP) is 2.31. The highest BCUT2D eigenvalue weighted by atomic mass is 79.9. The summed E-state index contributed by atoms with van der Waals surface area (Å²) in [4.78, 5) is 0. The van der Waals surface area contributed by atoms with Crippen LogP contribution in [0.2, 0.25) is 0 Å². The predicted molar refractivity (Wildman–Crippen MR) is 41.9 cm³/mol. The highest BCUT2D eigenvalue weighted by Gasteiger charge is 2.26. The summed E-state index contributed by atoms with van der Waals surface area (Å²) in [5, 5.41) is 3.09. The maximum Gasteiger partial charge on any atom is 0.401 e. The van der Waals surface area contributed by atoms with E-state index in [0.29, 0.717) is 6.42 Å². The van der Waals surface area contributed by atoms with E-state index >= 15 is 0 Å². The minimum Gasteiger partial charge on any atom is -0.306 e. The molecule has 0 aliphatic rings. The molecule has 1 atom stereocenters. The van der Waals surface area contributed by atoms with Gasteiger partial charge in [0.05, 0.1) is 6.54 Å². The molecule has 0 rings (SSSR count). The van der Waals surface area contributed by atoms with Crippen LogP contribution in [0.4, 0.5) is 13.2 Å². The van der Waals surface area contributed by atoms with Gasteiger partial charge in [0.1, 0.15) is 0 Å². The van der Waals surface area contributed by atoms with Gasteiger partial charge in [-0.3, -0.25) is 0 Å². The van der Waals surface area contributed by atoms with E-state index in [-0.39, 0.29) is 6.04 Å². The van der Waals surface area contributed by atoms with Gasteiger partial charge >= 0.3 is 6.18 Å². The van der Waals surface area contributed by atoms with Crippen molar-refractivity contribution < 1.29 is 13.2 Å². The van der Waals surface area contributed by atoms with Crippen molar-refractivity contribution in [2.24, 2.45) is 0 Å². The number of halogens is 4. The Morgan fingerprint density at radius 2 is 2.00 bits per heavy atom. The minimum absolute atomic E-state index is 0.0870. The topological polar surface area (TPSA) is 12.0 Å². The third-order valence-electron chi connectivity index (χ3n) is 1.19. The first-order chi connectivity index (χ1) is 4.95. The number of hydrogen-bond acceptors (Lipinski definition) is 1. The summed E-state index contributed by atoms with van der Waals surface area (Å²) in [6, 6.07) is -0.0870. The average Bonchev–Trinajstić information content (AvgIpc) is 1.83. The zero-order chi connectivity index (χ0) is 8.91. The Morgan fingerprint density at radius 3 is 2.36 bits per heavy atom. The summed E-state index contributed by atoms with van der Waals surface area (Å²) in [7, 11) is 0. The molecular weight excluding hydrogens is 223 g/mol. The van der Waals surface area contributed by atoms with Gasteiger partial charge in [0, 0.05) is 11.4 Å². The van der Waals surface area contributed by atoms with Crippen molar-refractivity contribution in [3.05, 3.63) is 0 Å². The summed E-state index contributed by atoms with van der Waals surface area (Å²) in [6.45, 7) is 0.828. The SMILES string of the molecule is CC(CCBr)NCC(F)(F)F. The smallest absolute Gasteiger partial charge is 0.306 e. The van der Waals surface area contributed by atoms with E-state index < -0.39 is 12.7 Å². The van der Waals surface area contributed by atoms with Gasteiger partial charge in [0.25, 0.3) is 0 Å². The lowest BCUT2D eigenvalue weighted by Crippen LogP contribution is -2.35. The number of hydrogen-bond donors (Lipinski definition) is 1. The number of alkyl halides is 4. The molecule has 5 heteroatoms. The van der Waals surface area contributed by atoms with Crippen LogP contribution in [0.25, 0.3) is 0 Å². The van der Waals surface area contributed by atoms with Crippen LogP contribution in [0.5, 0.6) is 0 Å². The van der Waals surface area contributed by atoms with Crippen molar-refractivity contribution in [1.82, 2.24) is 5.32 Å². The highest BCUT2D eigenvalue weighted by molar-refractivity contribution is 9.09. The summed E-state index contributed by atoms with van der Waals surface area (Å²) >= 11 is 3.15. The molecule has 0 aromatic carbocycles. The van der Waals surface area contributed by atoms with Gasteiger partial charge < -0.3 is 5.32 Å². The summed E-state index contributed by atoms with van der Waals surface area (Å²) in [6.07, 6.45) is -3.39. The van der Waals surface area contributed by atoms with Crippen molar-refractivity contribution >= 4 is 15.9 Å². The van der Waals surface area contributed by atoms with Gasteiger partial charge in [-0.25, -0.2) is 0 Å². The molecule has 0 aliphatic heterocycles. The molecule has 0 spiro atoms. The summed E-state index contributed by atoms with van der Waals surface area (Å²) in [5.74, 6) is 0. The van der Waals surface area contributed by atoms with Crippen LogP contribution in [-0.2, 0) is 0 Å². The first-order valence-corrected chi connectivity index (χ1v) is 4.44. The van der Waals surface area contributed by atoms with Crippen LogP contribution in [0, 0.1) is 0 Å². The first kappa shape index (κ1) is 11.2. The Hall–Kier alpha value is 0.230. The van der Waals surface area contributed by atoms with Crippen LogP contribution >= 0.6 is 15.9 Å². The molecule has 1 nitrogen and oxygen atoms in total. The fraction of sp³-hybridized carbons (Fsp3) is 1.00. The van der Waals surface area contributed by atoms with Crippen LogP contribution < -0.4 is 5.32 Å². The van der Waals surface area contributed by atoms with E-state index in [1.54, 1.807) is 6.92 Å². The first-order valence-electron chi connectivity index (χ1n) is 3.32. The maximum atomic E-state index is 11.6. The summed E-state index contributed by atoms with van der Waals surface area (Å²) in [5.41, 5.74) is 0. The number of nitrogens with one attached hydrogen (secondary N) is 1. The lowest BCUT2D eigenvalue weighted by molar-refractivity contribution is -0.126. The molecule has 0 aromatic heterocycles. The molecule has 0 bridgehead atoms. The van der Waals surface area contributed by atoms with Crippen molar-refractivity contribution in [2.75, 3.05) is 11.9 Å². The number of rotatable bonds is 4. The molecule has 1 unspecified atom stereocenters. The van der Waals surface area contributed by atoms with Gasteiger partial charge in [-0.05, 0) is 13.3 Å². The van der Waals surface area contributed by atoms with Crippen LogP contribution in [0.15, 0.2) is 0 Å². The second-order valence-electron chi connectivity index (χ2n) is 2.37. The van der Waals surface area contributed by atoms with E-state index in [0.717, 1.165) is 5.33 Å². The Bertz CT molecular complexity index is 104. The van der Waals surface area contributed by atoms with Crippen molar-refractivity contribution in [1.29, 1.82) is 0 Å². The largest absolute Gasteiger partial charge is 0.401 e. The van der Waals surface area contributed by atoms with Crippen molar-refractivity contribution in [3.8, 4) is 0 Å². The molecule has 0 fully saturated rings. The Morgan fingerprint density at radius 1 is 1.45 bits per heavy atom. The van der Waals surface area contributed by atoms with Gasteiger partial charge in [-0.15, -0.1) is 0 Å². The van der Waals surface area contributed by atoms with Crippen LogP contribution in [0.1, 0.15) is 13.3 Å². The monoisotopic (exact) mass is 233 g/mol. The minimum atomic E-state index is -4.10. The molecule has 0 heterocycles. The molecule has 11 heavy (non-hydrogen) atoms. The Labute approximate surface area is 72.5 Å². The van der Waals surface area contributed by atoms with Gasteiger partial charge in [0.2, 0.25) is 0 Å². The van der Waals surface area contributed by atoms with Gasteiger partial charge in [0.15, 0.2) is 0 Å². The maximum absolute atomic E-state index is 11.6. The molecule has 0 radical (unpaired) electrons. The Balaban J connectivity index is 3.38. The normalized spacial score (nSPS) is 15.0. The third kappa shape index (κ3) is 8.13. The second kappa shape index (κ2) is 4.98. The average molecular weight is 234 g/mol. The van der Waals surface area contributed by atoms with E-state index in [4.69, 9.17) is 0 Å². The van der Waals surface area contributed by atoms with Gasteiger partial charge in [-0.1, -0.05) is 15.9 Å². The second-order valence-corrected chi connectivity index (χ2v) is 3.17. The van der Waals surface area contributed by atoms with E-state index in [1.807, 2.05) is 0 Å². The van der Waals surface area contributed by atoms with Crippen LogP contribution in [0.3, 0.4) is 0 Å². The van der Waals surface area contributed by atoms with Crippen molar-refractivity contribution in [3.63, 3.8) is 0 Å². The zero-order valence-electron chi connectivity index (χ0n) is 6.21. The molecule has 0 aromatic rings. The molecule has 0 saturated carbocycles. The quantitative estimate of drug-likeness (QED) is 0.736. The lowest BCUT2D eigenvalue weighted by Gasteiger charge is -2.13.